The zero-order chi connectivity index (χ0) is 18.1. The van der Waals surface area contributed by atoms with E-state index < -0.39 is 0 Å². The number of amides is 1. The fourth-order valence-corrected chi connectivity index (χ4v) is 3.86. The molecule has 0 saturated carbocycles. The Balaban J connectivity index is 0.00000210. The molecular weight excluding hydrogens is 360 g/mol. The number of halogens is 1. The van der Waals surface area contributed by atoms with Crippen LogP contribution in [0.4, 0.5) is 0 Å². The minimum Gasteiger partial charge on any atom is -0.335 e. The van der Waals surface area contributed by atoms with Crippen molar-refractivity contribution in [3.63, 3.8) is 0 Å². The summed E-state index contributed by atoms with van der Waals surface area (Å²) in [5, 5.41) is 3.34. The van der Waals surface area contributed by atoms with Crippen molar-refractivity contribution in [1.29, 1.82) is 0 Å². The maximum atomic E-state index is 12.9. The van der Waals surface area contributed by atoms with E-state index in [1.807, 2.05) is 61.2 Å². The van der Waals surface area contributed by atoms with Crippen LogP contribution in [0.15, 0.2) is 48.5 Å². The van der Waals surface area contributed by atoms with Crippen molar-refractivity contribution < 1.29 is 4.79 Å². The van der Waals surface area contributed by atoms with Crippen molar-refractivity contribution in [3.05, 3.63) is 59.9 Å². The van der Waals surface area contributed by atoms with E-state index in [0.717, 1.165) is 54.2 Å². The number of likely N-dealkylation sites (N-methyl/N-ethyl adjacent to an activating group) is 1. The summed E-state index contributed by atoms with van der Waals surface area (Å²) in [7, 11) is 0. The second kappa shape index (κ2) is 8.11. The molecule has 1 fully saturated rings. The second-order valence-corrected chi connectivity index (χ2v) is 6.77. The maximum absolute atomic E-state index is 12.9. The molecule has 1 aliphatic heterocycles. The molecule has 6 heteroatoms. The van der Waals surface area contributed by atoms with Crippen LogP contribution in [0, 0.1) is 6.92 Å². The molecule has 27 heavy (non-hydrogen) atoms. The van der Waals surface area contributed by atoms with Crippen LogP contribution in [-0.4, -0.2) is 46.0 Å². The molecule has 1 saturated heterocycles. The third kappa shape index (κ3) is 3.57. The summed E-state index contributed by atoms with van der Waals surface area (Å²) in [6.45, 7) is 6.66. The zero-order valence-corrected chi connectivity index (χ0v) is 16.5. The first-order valence-electron chi connectivity index (χ1n) is 9.25. The lowest BCUT2D eigenvalue weighted by Gasteiger charge is -2.27. The lowest BCUT2D eigenvalue weighted by atomic mass is 10.1. The number of para-hydroxylation sites is 2. The van der Waals surface area contributed by atoms with E-state index in [1.54, 1.807) is 0 Å². The van der Waals surface area contributed by atoms with E-state index in [0.29, 0.717) is 6.04 Å². The van der Waals surface area contributed by atoms with E-state index in [1.165, 1.54) is 0 Å². The SMILES string of the molecule is CCN(C(=O)c1ccc(-n2c(C)nc3ccccc32)cc1)C1CCNC1.Cl. The molecule has 5 nitrogen and oxygen atoms in total. The van der Waals surface area contributed by atoms with Crippen LogP contribution in [0.25, 0.3) is 16.7 Å². The second-order valence-electron chi connectivity index (χ2n) is 6.77. The normalized spacial score (nSPS) is 16.3. The number of carbonyl (C=O) groups is 1. The van der Waals surface area contributed by atoms with Crippen molar-refractivity contribution in [1.82, 2.24) is 19.8 Å². The molecule has 0 aliphatic carbocycles. The summed E-state index contributed by atoms with van der Waals surface area (Å²) in [5.74, 6) is 1.05. The van der Waals surface area contributed by atoms with E-state index in [4.69, 9.17) is 0 Å². The summed E-state index contributed by atoms with van der Waals surface area (Å²) in [5.41, 5.74) is 3.83. The minimum absolute atomic E-state index is 0. The van der Waals surface area contributed by atoms with Crippen LogP contribution >= 0.6 is 12.4 Å². The van der Waals surface area contributed by atoms with Gasteiger partial charge in [-0.15, -0.1) is 12.4 Å². The number of nitrogens with one attached hydrogen (secondary N) is 1. The van der Waals surface area contributed by atoms with E-state index in [2.05, 4.69) is 20.9 Å². The summed E-state index contributed by atoms with van der Waals surface area (Å²) in [6, 6.07) is 16.3. The largest absolute Gasteiger partial charge is 0.335 e. The number of hydrogen-bond donors (Lipinski definition) is 1. The Morgan fingerprint density at radius 3 is 2.63 bits per heavy atom. The highest BCUT2D eigenvalue weighted by atomic mass is 35.5. The van der Waals surface area contributed by atoms with E-state index in [-0.39, 0.29) is 18.3 Å². The number of benzene rings is 2. The minimum atomic E-state index is 0. The molecule has 0 spiro atoms. The topological polar surface area (TPSA) is 50.2 Å². The Morgan fingerprint density at radius 1 is 1.22 bits per heavy atom. The molecule has 142 valence electrons. The van der Waals surface area contributed by atoms with Crippen LogP contribution in [0.3, 0.4) is 0 Å². The number of hydrogen-bond acceptors (Lipinski definition) is 3. The monoisotopic (exact) mass is 384 g/mol. The predicted molar refractivity (Wildman–Crippen MR) is 111 cm³/mol. The highest BCUT2D eigenvalue weighted by Gasteiger charge is 2.26. The molecule has 0 bridgehead atoms. The molecule has 1 N–H and O–H groups in total. The van der Waals surface area contributed by atoms with E-state index >= 15 is 0 Å². The fourth-order valence-electron chi connectivity index (χ4n) is 3.86. The smallest absolute Gasteiger partial charge is 0.254 e. The number of nitrogens with zero attached hydrogens (tertiary/aromatic N) is 3. The van der Waals surface area contributed by atoms with Gasteiger partial charge in [-0.25, -0.2) is 4.98 Å². The van der Waals surface area contributed by atoms with Crippen molar-refractivity contribution in [2.45, 2.75) is 26.3 Å². The Bertz CT molecular complexity index is 929. The molecule has 2 aromatic carbocycles. The van der Waals surface area contributed by atoms with Gasteiger partial charge in [0.1, 0.15) is 5.82 Å². The van der Waals surface area contributed by atoms with Crippen LogP contribution in [0.5, 0.6) is 0 Å². The van der Waals surface area contributed by atoms with Gasteiger partial charge in [0.05, 0.1) is 11.0 Å². The quantitative estimate of drug-likeness (QED) is 0.748. The van der Waals surface area contributed by atoms with Crippen LogP contribution in [-0.2, 0) is 0 Å². The number of imidazole rings is 1. The molecule has 3 aromatic rings. The number of fused-ring (bicyclic) bond motifs is 1. The van der Waals surface area contributed by atoms with Crippen molar-refractivity contribution >= 4 is 29.3 Å². The summed E-state index contributed by atoms with van der Waals surface area (Å²) < 4.78 is 2.13. The average molecular weight is 385 g/mol. The Kier molecular flexibility index (Phi) is 5.82. The van der Waals surface area contributed by atoms with Gasteiger partial charge >= 0.3 is 0 Å². The zero-order valence-electron chi connectivity index (χ0n) is 15.7. The molecule has 1 aromatic heterocycles. The summed E-state index contributed by atoms with van der Waals surface area (Å²) >= 11 is 0. The van der Waals surface area contributed by atoms with Gasteiger partial charge in [0.15, 0.2) is 0 Å². The van der Waals surface area contributed by atoms with Gasteiger partial charge in [0.2, 0.25) is 0 Å². The Morgan fingerprint density at radius 2 is 1.96 bits per heavy atom. The van der Waals surface area contributed by atoms with Crippen LogP contribution in [0.2, 0.25) is 0 Å². The highest BCUT2D eigenvalue weighted by molar-refractivity contribution is 5.94. The van der Waals surface area contributed by atoms with Crippen molar-refractivity contribution in [3.8, 4) is 5.69 Å². The first kappa shape index (κ1) is 19.4. The third-order valence-electron chi connectivity index (χ3n) is 5.18. The fraction of sp³-hybridized carbons (Fsp3) is 0.333. The molecule has 4 rings (SSSR count). The van der Waals surface area contributed by atoms with Gasteiger partial charge < -0.3 is 10.2 Å². The van der Waals surface area contributed by atoms with Gasteiger partial charge in [-0.2, -0.15) is 0 Å². The number of aromatic nitrogens is 2. The van der Waals surface area contributed by atoms with Crippen LogP contribution < -0.4 is 5.32 Å². The molecule has 1 amide bonds. The van der Waals surface area contributed by atoms with Gasteiger partial charge in [0, 0.05) is 30.4 Å². The van der Waals surface area contributed by atoms with Gasteiger partial charge in [0.25, 0.3) is 5.91 Å². The molecular formula is C21H25ClN4O. The first-order valence-corrected chi connectivity index (χ1v) is 9.25. The lowest BCUT2D eigenvalue weighted by molar-refractivity contribution is 0.0704. The van der Waals surface area contributed by atoms with Gasteiger partial charge in [-0.1, -0.05) is 12.1 Å². The molecule has 1 aliphatic rings. The van der Waals surface area contributed by atoms with Gasteiger partial charge in [-0.3, -0.25) is 9.36 Å². The predicted octanol–water partition coefficient (Wildman–Crippen LogP) is 3.58. The number of carbonyl (C=O) groups excluding carboxylic acids is 1. The maximum Gasteiger partial charge on any atom is 0.254 e. The Labute approximate surface area is 165 Å². The molecule has 0 radical (unpaired) electrons. The first-order chi connectivity index (χ1) is 12.7. The summed E-state index contributed by atoms with van der Waals surface area (Å²) in [4.78, 5) is 19.5. The van der Waals surface area contributed by atoms with E-state index in [9.17, 15) is 4.79 Å². The lowest BCUT2D eigenvalue weighted by Crippen LogP contribution is -2.41. The van der Waals surface area contributed by atoms with Crippen LogP contribution in [0.1, 0.15) is 29.5 Å². The highest BCUT2D eigenvalue weighted by Crippen LogP contribution is 2.22. The summed E-state index contributed by atoms with van der Waals surface area (Å²) in [6.07, 6.45) is 1.03. The van der Waals surface area contributed by atoms with Crippen molar-refractivity contribution in [2.75, 3.05) is 19.6 Å². The molecule has 2 heterocycles. The Hall–Kier alpha value is -2.37. The molecule has 1 unspecified atom stereocenters. The van der Waals surface area contributed by atoms with Gasteiger partial charge in [-0.05, 0) is 63.2 Å². The third-order valence-corrected chi connectivity index (χ3v) is 5.18. The standard InChI is InChI=1S/C21H24N4O.ClH/c1-3-24(18-12-13-22-14-18)21(26)16-8-10-17(11-9-16)25-15(2)23-19-6-4-5-7-20(19)25;/h4-11,18,22H,3,12-14H2,1-2H3;1H. The average Bonchev–Trinajstić information content (AvgIpc) is 3.29. The number of rotatable bonds is 4. The number of aryl methyl sites for hydroxylation is 1. The van der Waals surface area contributed by atoms with Crippen molar-refractivity contribution in [2.24, 2.45) is 0 Å². The molecule has 1 atom stereocenters.